The number of amides is 1. The molecule has 1 aliphatic rings. The molecule has 1 aliphatic heterocycles. The first-order chi connectivity index (χ1) is 16.2. The monoisotopic (exact) mass is 510 g/mol. The molecular weight excluding hydrogens is 490 g/mol. The second-order valence-electron chi connectivity index (χ2n) is 7.74. The van der Waals surface area contributed by atoms with Crippen LogP contribution in [0.2, 0.25) is 5.02 Å². The summed E-state index contributed by atoms with van der Waals surface area (Å²) in [5.41, 5.74) is -0.363. The number of nitrogens with one attached hydrogen (secondary N) is 1. The number of anilines is 1. The molecule has 11 heteroatoms. The van der Waals surface area contributed by atoms with Gasteiger partial charge in [-0.1, -0.05) is 11.6 Å². The summed E-state index contributed by atoms with van der Waals surface area (Å²) < 4.78 is 67.0. The Kier molecular flexibility index (Phi) is 7.32. The molecule has 7 nitrogen and oxygen atoms in total. The molecule has 1 fully saturated rings. The van der Waals surface area contributed by atoms with E-state index in [0.29, 0.717) is 18.8 Å². The van der Waals surface area contributed by atoms with Crippen LogP contribution in [0.15, 0.2) is 64.1 Å². The molecular formula is C23H21ClF2N2O5S. The van der Waals surface area contributed by atoms with Crippen LogP contribution in [0.4, 0.5) is 14.5 Å². The quantitative estimate of drug-likeness (QED) is 0.469. The number of hydrogen-bond donors (Lipinski definition) is 1. The van der Waals surface area contributed by atoms with E-state index < -0.39 is 33.1 Å². The van der Waals surface area contributed by atoms with Crippen LogP contribution in [0.1, 0.15) is 29.0 Å². The Balaban J connectivity index is 1.62. The van der Waals surface area contributed by atoms with Crippen molar-refractivity contribution < 1.29 is 31.1 Å². The fraction of sp³-hybridized carbons (Fsp3) is 0.261. The van der Waals surface area contributed by atoms with Crippen LogP contribution in [-0.2, 0) is 21.3 Å². The van der Waals surface area contributed by atoms with Gasteiger partial charge in [0.2, 0.25) is 10.0 Å². The van der Waals surface area contributed by atoms with Crippen LogP contribution in [-0.4, -0.2) is 37.9 Å². The van der Waals surface area contributed by atoms with Gasteiger partial charge < -0.3 is 14.5 Å². The molecule has 180 valence electrons. The minimum atomic E-state index is -4.15. The lowest BCUT2D eigenvalue weighted by Crippen LogP contribution is -2.37. The highest BCUT2D eigenvalue weighted by molar-refractivity contribution is 7.89. The van der Waals surface area contributed by atoms with Gasteiger partial charge in [-0.25, -0.2) is 17.2 Å². The number of halogens is 3. The summed E-state index contributed by atoms with van der Waals surface area (Å²) >= 11 is 5.72. The molecule has 34 heavy (non-hydrogen) atoms. The Bertz CT molecular complexity index is 1280. The van der Waals surface area contributed by atoms with E-state index >= 15 is 0 Å². The van der Waals surface area contributed by atoms with E-state index in [1.54, 1.807) is 12.1 Å². The maximum Gasteiger partial charge on any atom is 0.258 e. The third kappa shape index (κ3) is 5.47. The van der Waals surface area contributed by atoms with Gasteiger partial charge in [0.1, 0.15) is 17.4 Å². The second-order valence-corrected chi connectivity index (χ2v) is 10.1. The number of hydrogen-bond acceptors (Lipinski definition) is 5. The highest BCUT2D eigenvalue weighted by Crippen LogP contribution is 2.25. The number of carbonyl (C=O) groups is 1. The molecule has 0 bridgehead atoms. The minimum Gasteiger partial charge on any atom is -0.468 e. The topological polar surface area (TPSA) is 88.9 Å². The van der Waals surface area contributed by atoms with E-state index in [9.17, 15) is 22.0 Å². The summed E-state index contributed by atoms with van der Waals surface area (Å²) in [6.07, 6.45) is 2.69. The third-order valence-electron chi connectivity index (χ3n) is 5.34. The van der Waals surface area contributed by atoms with E-state index in [0.717, 1.165) is 30.7 Å². The maximum atomic E-state index is 14.5. The van der Waals surface area contributed by atoms with Crippen molar-refractivity contribution in [2.45, 2.75) is 30.4 Å². The van der Waals surface area contributed by atoms with Gasteiger partial charge in [-0.05, 0) is 61.4 Å². The molecule has 1 saturated heterocycles. The summed E-state index contributed by atoms with van der Waals surface area (Å²) in [6.45, 7) is 0.575. The lowest BCUT2D eigenvalue weighted by molar-refractivity contribution is 0.0914. The molecule has 0 radical (unpaired) electrons. The molecule has 1 aromatic heterocycles. The zero-order valence-corrected chi connectivity index (χ0v) is 19.4. The Morgan fingerprint density at radius 3 is 2.62 bits per heavy atom. The van der Waals surface area contributed by atoms with Gasteiger partial charge in [-0.3, -0.25) is 4.79 Å². The lowest BCUT2D eigenvalue weighted by Gasteiger charge is -2.24. The van der Waals surface area contributed by atoms with Gasteiger partial charge in [-0.2, -0.15) is 4.31 Å². The predicted molar refractivity (Wildman–Crippen MR) is 121 cm³/mol. The number of nitrogens with zero attached hydrogens (tertiary/aromatic N) is 1. The molecule has 3 aromatic rings. The summed E-state index contributed by atoms with van der Waals surface area (Å²) in [5.74, 6) is -2.08. The first-order valence-corrected chi connectivity index (χ1v) is 12.3. The van der Waals surface area contributed by atoms with Crippen LogP contribution in [0.5, 0.6) is 0 Å². The smallest absolute Gasteiger partial charge is 0.258 e. The number of carbonyl (C=O) groups excluding carboxylic acids is 1. The summed E-state index contributed by atoms with van der Waals surface area (Å²) in [4.78, 5) is 12.4. The van der Waals surface area contributed by atoms with Crippen molar-refractivity contribution in [2.24, 2.45) is 0 Å². The Hall–Kier alpha value is -2.79. The number of benzene rings is 2. The number of sulfonamides is 1. The zero-order chi connectivity index (χ0) is 24.3. The van der Waals surface area contributed by atoms with Gasteiger partial charge >= 0.3 is 0 Å². The third-order valence-corrected chi connectivity index (χ3v) is 7.44. The Morgan fingerprint density at radius 2 is 1.94 bits per heavy atom. The number of rotatable bonds is 8. The summed E-state index contributed by atoms with van der Waals surface area (Å²) in [6, 6.07) is 9.74. The van der Waals surface area contributed by atoms with E-state index in [1.807, 2.05) is 0 Å². The molecule has 0 saturated carbocycles. The minimum absolute atomic E-state index is 0.0534. The average molecular weight is 511 g/mol. The van der Waals surface area contributed by atoms with E-state index in [-0.39, 0.29) is 34.8 Å². The fourth-order valence-corrected chi connectivity index (χ4v) is 5.24. The predicted octanol–water partition coefficient (Wildman–Crippen LogP) is 4.83. The first kappa shape index (κ1) is 24.3. The fourth-order valence-electron chi connectivity index (χ4n) is 3.60. The Labute approximate surface area is 200 Å². The van der Waals surface area contributed by atoms with Crippen LogP contribution in [0, 0.1) is 11.6 Å². The number of ether oxygens (including phenoxy) is 1. The molecule has 0 aliphatic carbocycles. The van der Waals surface area contributed by atoms with Crippen LogP contribution >= 0.6 is 11.6 Å². The standard InChI is InChI=1S/C23H21ClF2N2O5S/c24-20-11-15(5-7-22(20)26)27-23(29)19-12-18(6-8-21(19)25)34(30,31)28(13-16-3-1-9-32-16)14-17-4-2-10-33-17/h1,3,5-9,11-12,17H,2,4,10,13-14H2,(H,27,29). The molecule has 1 unspecified atom stereocenters. The molecule has 2 heterocycles. The summed E-state index contributed by atoms with van der Waals surface area (Å²) in [7, 11) is -4.15. The van der Waals surface area contributed by atoms with Crippen molar-refractivity contribution in [1.82, 2.24) is 4.31 Å². The van der Waals surface area contributed by atoms with Crippen LogP contribution in [0.25, 0.3) is 0 Å². The van der Waals surface area contributed by atoms with E-state index in [2.05, 4.69) is 5.32 Å². The molecule has 4 rings (SSSR count). The van der Waals surface area contributed by atoms with Crippen molar-refractivity contribution in [3.8, 4) is 0 Å². The molecule has 1 N–H and O–H groups in total. The van der Waals surface area contributed by atoms with E-state index in [1.165, 1.54) is 22.7 Å². The maximum absolute atomic E-state index is 14.5. The SMILES string of the molecule is O=C(Nc1ccc(F)c(Cl)c1)c1cc(S(=O)(=O)N(Cc2ccco2)CC2CCCO2)ccc1F. The molecule has 1 atom stereocenters. The highest BCUT2D eigenvalue weighted by atomic mass is 35.5. The van der Waals surface area contributed by atoms with Gasteiger partial charge in [0.15, 0.2) is 0 Å². The van der Waals surface area contributed by atoms with Gasteiger partial charge in [0.25, 0.3) is 5.91 Å². The zero-order valence-electron chi connectivity index (χ0n) is 17.8. The molecule has 1 amide bonds. The normalized spacial score (nSPS) is 16.2. The van der Waals surface area contributed by atoms with Crippen molar-refractivity contribution in [1.29, 1.82) is 0 Å². The highest BCUT2D eigenvalue weighted by Gasteiger charge is 2.31. The Morgan fingerprint density at radius 1 is 1.15 bits per heavy atom. The van der Waals surface area contributed by atoms with Crippen LogP contribution < -0.4 is 5.32 Å². The van der Waals surface area contributed by atoms with Gasteiger partial charge in [0.05, 0.1) is 34.4 Å². The number of furan rings is 1. The van der Waals surface area contributed by atoms with Crippen molar-refractivity contribution in [2.75, 3.05) is 18.5 Å². The second kappa shape index (κ2) is 10.2. The van der Waals surface area contributed by atoms with Crippen molar-refractivity contribution in [3.63, 3.8) is 0 Å². The van der Waals surface area contributed by atoms with Gasteiger partial charge in [-0.15, -0.1) is 0 Å². The van der Waals surface area contributed by atoms with Gasteiger partial charge in [0, 0.05) is 18.8 Å². The first-order valence-electron chi connectivity index (χ1n) is 10.4. The average Bonchev–Trinajstić information content (AvgIpc) is 3.50. The van der Waals surface area contributed by atoms with Crippen molar-refractivity contribution in [3.05, 3.63) is 82.8 Å². The van der Waals surface area contributed by atoms with Crippen LogP contribution in [0.3, 0.4) is 0 Å². The largest absolute Gasteiger partial charge is 0.468 e. The lowest BCUT2D eigenvalue weighted by atomic mass is 10.2. The van der Waals surface area contributed by atoms with Crippen molar-refractivity contribution >= 4 is 33.2 Å². The summed E-state index contributed by atoms with van der Waals surface area (Å²) in [5, 5.41) is 2.17. The molecule has 0 spiro atoms. The van der Waals surface area contributed by atoms with E-state index in [4.69, 9.17) is 20.8 Å². The molecule has 2 aromatic carbocycles.